The Kier molecular flexibility index (Phi) is 5.37. The molecule has 0 fully saturated rings. The fourth-order valence-electron chi connectivity index (χ4n) is 1.33. The van der Waals surface area contributed by atoms with Crippen molar-refractivity contribution >= 4 is 23.6 Å². The van der Waals surface area contributed by atoms with Crippen LogP contribution in [-0.2, 0) is 0 Å². The number of hydrogen-bond acceptors (Lipinski definition) is 2. The van der Waals surface area contributed by atoms with Crippen LogP contribution in [-0.4, -0.2) is 12.0 Å². The first-order chi connectivity index (χ1) is 8.15. The van der Waals surface area contributed by atoms with Gasteiger partial charge in [0, 0.05) is 24.4 Å². The van der Waals surface area contributed by atoms with Gasteiger partial charge >= 0.3 is 0 Å². The van der Waals surface area contributed by atoms with E-state index < -0.39 is 0 Å². The van der Waals surface area contributed by atoms with E-state index in [1.54, 1.807) is 36.6 Å². The molecule has 0 saturated carbocycles. The molecule has 1 aromatic rings. The molecule has 0 radical (unpaired) electrons. The Bertz CT molecular complexity index is 475. The second-order valence-electron chi connectivity index (χ2n) is 3.57. The van der Waals surface area contributed by atoms with Crippen LogP contribution in [0.15, 0.2) is 53.7 Å². The summed E-state index contributed by atoms with van der Waals surface area (Å²) in [5, 5.41) is 0.491. The maximum Gasteiger partial charge on any atom is 0.168 e. The number of benzene rings is 1. The maximum atomic E-state index is 11.9. The molecule has 0 atom stereocenters. The molecule has 0 bridgehead atoms. The highest BCUT2D eigenvalue weighted by Gasteiger charge is 2.09. The number of carbonyl (C=O) groups excluding carboxylic acids is 1. The molecule has 0 N–H and O–H groups in total. The number of carbonyl (C=O) groups is 1. The largest absolute Gasteiger partial charge is 0.294 e. The van der Waals surface area contributed by atoms with Crippen LogP contribution in [0.3, 0.4) is 0 Å². The second-order valence-corrected chi connectivity index (χ2v) is 3.98. The van der Waals surface area contributed by atoms with Gasteiger partial charge in [-0.2, -0.15) is 0 Å². The molecule has 0 unspecified atom stereocenters. The number of rotatable bonds is 5. The van der Waals surface area contributed by atoms with E-state index in [1.807, 2.05) is 6.92 Å². The average Bonchev–Trinajstić information content (AvgIpc) is 2.29. The van der Waals surface area contributed by atoms with E-state index in [1.165, 1.54) is 6.20 Å². The van der Waals surface area contributed by atoms with E-state index in [4.69, 9.17) is 11.6 Å². The van der Waals surface area contributed by atoms with Crippen molar-refractivity contribution in [1.29, 1.82) is 0 Å². The lowest BCUT2D eigenvalue weighted by molar-refractivity contribution is 0.0993. The summed E-state index contributed by atoms with van der Waals surface area (Å²) in [6.07, 6.45) is 5.19. The molecule has 0 aliphatic rings. The molecule has 0 aromatic heterocycles. The van der Waals surface area contributed by atoms with E-state index in [9.17, 15) is 4.79 Å². The maximum absolute atomic E-state index is 11.9. The molecular weight excluding hydrogens is 234 g/mol. The van der Waals surface area contributed by atoms with Gasteiger partial charge in [-0.1, -0.05) is 35.9 Å². The number of aliphatic imine (C=N–C) groups is 1. The standard InChI is InChI=1S/C14H14ClNO/c1-3-16-9-8-11(2)10-14(17)12-6-4-5-7-13(12)15/h3-9H,1,10H2,2H3/b11-8+,16-9?. The fourth-order valence-corrected chi connectivity index (χ4v) is 1.57. The zero-order chi connectivity index (χ0) is 12.7. The summed E-state index contributed by atoms with van der Waals surface area (Å²) in [6.45, 7) is 5.34. The molecule has 0 aliphatic carbocycles. The first kappa shape index (κ1) is 13.4. The summed E-state index contributed by atoms with van der Waals surface area (Å²) < 4.78 is 0. The molecule has 0 amide bonds. The van der Waals surface area contributed by atoms with Gasteiger partial charge in [0.15, 0.2) is 5.78 Å². The molecule has 1 rings (SSSR count). The first-order valence-electron chi connectivity index (χ1n) is 5.22. The highest BCUT2D eigenvalue weighted by atomic mass is 35.5. The van der Waals surface area contributed by atoms with Crippen LogP contribution < -0.4 is 0 Å². The zero-order valence-corrected chi connectivity index (χ0v) is 10.4. The molecule has 2 nitrogen and oxygen atoms in total. The normalized spacial score (nSPS) is 11.8. The van der Waals surface area contributed by atoms with Crippen LogP contribution in [0.2, 0.25) is 5.02 Å². The third kappa shape index (κ3) is 4.37. The van der Waals surface area contributed by atoms with Crippen LogP contribution in [0.4, 0.5) is 0 Å². The highest BCUT2D eigenvalue weighted by Crippen LogP contribution is 2.18. The van der Waals surface area contributed by atoms with Crippen molar-refractivity contribution in [2.75, 3.05) is 0 Å². The minimum atomic E-state index is 0.0105. The summed E-state index contributed by atoms with van der Waals surface area (Å²) in [7, 11) is 0. The van der Waals surface area contributed by atoms with Crippen molar-refractivity contribution in [2.24, 2.45) is 4.99 Å². The molecule has 17 heavy (non-hydrogen) atoms. The lowest BCUT2D eigenvalue weighted by Crippen LogP contribution is -2.00. The predicted molar refractivity (Wildman–Crippen MR) is 72.8 cm³/mol. The summed E-state index contributed by atoms with van der Waals surface area (Å²) in [6, 6.07) is 7.05. The highest BCUT2D eigenvalue weighted by molar-refractivity contribution is 6.34. The van der Waals surface area contributed by atoms with Gasteiger partial charge in [0.25, 0.3) is 0 Å². The minimum absolute atomic E-state index is 0.0105. The second kappa shape index (κ2) is 6.81. The topological polar surface area (TPSA) is 29.4 Å². The lowest BCUT2D eigenvalue weighted by Gasteiger charge is -2.02. The Hall–Kier alpha value is -1.67. The molecule has 0 heterocycles. The Labute approximate surface area is 106 Å². The number of halogens is 1. The van der Waals surface area contributed by atoms with Gasteiger partial charge in [-0.15, -0.1) is 0 Å². The van der Waals surface area contributed by atoms with Crippen LogP contribution in [0.25, 0.3) is 0 Å². The molecule has 3 heteroatoms. The van der Waals surface area contributed by atoms with Gasteiger partial charge in [0.2, 0.25) is 0 Å². The van der Waals surface area contributed by atoms with E-state index in [0.717, 1.165) is 5.57 Å². The SMILES string of the molecule is C=CN=C/C=C(\C)CC(=O)c1ccccc1Cl. The predicted octanol–water partition coefficient (Wildman–Crippen LogP) is 4.07. The quantitative estimate of drug-likeness (QED) is 0.570. The molecule has 1 aromatic carbocycles. The summed E-state index contributed by atoms with van der Waals surface area (Å²) in [5.41, 5.74) is 1.49. The van der Waals surface area contributed by atoms with Crippen molar-refractivity contribution in [3.05, 3.63) is 59.3 Å². The Morgan fingerprint density at radius 1 is 1.47 bits per heavy atom. The van der Waals surface area contributed by atoms with Crippen LogP contribution in [0, 0.1) is 0 Å². The van der Waals surface area contributed by atoms with Gasteiger partial charge in [-0.05, 0) is 25.1 Å². The Morgan fingerprint density at radius 2 is 2.18 bits per heavy atom. The van der Waals surface area contributed by atoms with Gasteiger partial charge in [-0.25, -0.2) is 0 Å². The summed E-state index contributed by atoms with van der Waals surface area (Å²) >= 11 is 5.95. The van der Waals surface area contributed by atoms with Crippen LogP contribution in [0.5, 0.6) is 0 Å². The van der Waals surface area contributed by atoms with Gasteiger partial charge in [-0.3, -0.25) is 9.79 Å². The zero-order valence-electron chi connectivity index (χ0n) is 9.69. The monoisotopic (exact) mass is 247 g/mol. The van der Waals surface area contributed by atoms with Crippen molar-refractivity contribution in [1.82, 2.24) is 0 Å². The van der Waals surface area contributed by atoms with Crippen molar-refractivity contribution in [3.8, 4) is 0 Å². The average molecular weight is 248 g/mol. The number of nitrogens with zero attached hydrogens (tertiary/aromatic N) is 1. The Balaban J connectivity index is 2.73. The Morgan fingerprint density at radius 3 is 2.82 bits per heavy atom. The number of Topliss-reactive ketones (excluding diaryl/α,β-unsaturated/α-hetero) is 1. The molecular formula is C14H14ClNO. The van der Waals surface area contributed by atoms with Crippen molar-refractivity contribution in [3.63, 3.8) is 0 Å². The van der Waals surface area contributed by atoms with Gasteiger partial charge in [0.05, 0.1) is 5.02 Å². The van der Waals surface area contributed by atoms with Crippen LogP contribution in [0.1, 0.15) is 23.7 Å². The van der Waals surface area contributed by atoms with Crippen LogP contribution >= 0.6 is 11.6 Å². The number of ketones is 1. The molecule has 0 aliphatic heterocycles. The van der Waals surface area contributed by atoms with E-state index >= 15 is 0 Å². The van der Waals surface area contributed by atoms with E-state index in [2.05, 4.69) is 11.6 Å². The summed E-state index contributed by atoms with van der Waals surface area (Å²) in [4.78, 5) is 15.8. The lowest BCUT2D eigenvalue weighted by atomic mass is 10.0. The van der Waals surface area contributed by atoms with Gasteiger partial charge < -0.3 is 0 Å². The number of hydrogen-bond donors (Lipinski definition) is 0. The van der Waals surface area contributed by atoms with E-state index in [-0.39, 0.29) is 5.78 Å². The third-order valence-electron chi connectivity index (χ3n) is 2.16. The minimum Gasteiger partial charge on any atom is -0.294 e. The molecule has 0 saturated heterocycles. The van der Waals surface area contributed by atoms with Crippen molar-refractivity contribution in [2.45, 2.75) is 13.3 Å². The van der Waals surface area contributed by atoms with Gasteiger partial charge in [0.1, 0.15) is 0 Å². The molecule has 0 spiro atoms. The van der Waals surface area contributed by atoms with E-state index in [0.29, 0.717) is 17.0 Å². The smallest absolute Gasteiger partial charge is 0.168 e. The third-order valence-corrected chi connectivity index (χ3v) is 2.49. The molecule has 88 valence electrons. The number of allylic oxidation sites excluding steroid dienone is 2. The van der Waals surface area contributed by atoms with Crippen molar-refractivity contribution < 1.29 is 4.79 Å². The first-order valence-corrected chi connectivity index (χ1v) is 5.60. The fraction of sp³-hybridized carbons (Fsp3) is 0.143. The summed E-state index contributed by atoms with van der Waals surface area (Å²) in [5.74, 6) is 0.0105.